The van der Waals surface area contributed by atoms with Crippen molar-refractivity contribution in [1.82, 2.24) is 0 Å². The fraction of sp³-hybridized carbons (Fsp3) is 0.129. The van der Waals surface area contributed by atoms with Gasteiger partial charge in [-0.05, 0) is 130 Å². The molecule has 11 aromatic rings. The average molecular weight is 846 g/mol. The first-order valence-electron chi connectivity index (χ1n) is 24.8. The number of para-hydroxylation sites is 2. The van der Waals surface area contributed by atoms with Crippen molar-refractivity contribution < 1.29 is 14.8 Å². The molecule has 0 radical (unpaired) electrons. The van der Waals surface area contributed by atoms with Gasteiger partial charge >= 0.3 is 0 Å². The van der Waals surface area contributed by atoms with Crippen LogP contribution in [0.5, 0.6) is 0 Å². The van der Waals surface area contributed by atoms with Crippen molar-refractivity contribution in [2.45, 2.75) is 52.4 Å². The van der Waals surface area contributed by atoms with E-state index in [2.05, 4.69) is 222 Å². The van der Waals surface area contributed by atoms with Crippen LogP contribution in [0.1, 0.15) is 67.0 Å². The molecule has 65 heavy (non-hydrogen) atoms. The first-order chi connectivity index (χ1) is 33.6. The maximum atomic E-state index is 6.78. The minimum absolute atomic E-state index is 0.290. The van der Waals surface area contributed by atoms with E-state index in [0.717, 1.165) is 66.7 Å². The number of fused-ring (bicyclic) bond motifs is 14. The lowest BCUT2D eigenvalue weighted by atomic mass is 9.80. The molecule has 0 spiro atoms. The van der Waals surface area contributed by atoms with Crippen LogP contribution in [0.25, 0.3) is 88.4 Å². The molecule has 0 atom stereocenters. The standard InChI is InChI=1S/C62H47NO2.2H2/c1-36-25-30-52(37(2)31-36)63(40-26-28-42-48(32-40)61(3,4)50-34-46(38-17-9-7-10-18-38)59-57(55(42)50)44-21-13-15-23-53(44)64-59)41-27-29-43-49(33-41)62(5,6)51-35-47(39-19-11-8-12-20-39)60-58(56(43)51)45-22-14-16-24-54(45)65-60;;/h7-35H,1-6H3;2*1H/i;2*1+1D. The van der Waals surface area contributed by atoms with Crippen molar-refractivity contribution in [3.63, 3.8) is 0 Å². The second kappa shape index (κ2) is 13.5. The molecule has 2 heterocycles. The smallest absolute Gasteiger partial charge is 0.143 e. The van der Waals surface area contributed by atoms with Crippen molar-refractivity contribution in [3.05, 3.63) is 209 Å². The van der Waals surface area contributed by atoms with Crippen LogP contribution in [-0.2, 0) is 10.8 Å². The fourth-order valence-electron chi connectivity index (χ4n) is 11.6. The molecule has 2 aliphatic rings. The van der Waals surface area contributed by atoms with Crippen LogP contribution in [0.4, 0.5) is 17.1 Å². The Labute approximate surface area is 385 Å². The van der Waals surface area contributed by atoms with Gasteiger partial charge in [0, 0.05) is 66.5 Å². The topological polar surface area (TPSA) is 29.5 Å². The Kier molecular flexibility index (Phi) is 7.41. The van der Waals surface area contributed by atoms with E-state index < -0.39 is 0 Å². The third kappa shape index (κ3) is 5.30. The summed E-state index contributed by atoms with van der Waals surface area (Å²) in [5.41, 5.74) is 24.0. The summed E-state index contributed by atoms with van der Waals surface area (Å²) in [4.78, 5) is 2.49. The number of rotatable bonds is 5. The number of anilines is 3. The molecular weight excluding hydrogens is 791 g/mol. The van der Waals surface area contributed by atoms with Gasteiger partial charge < -0.3 is 13.7 Å². The monoisotopic (exact) mass is 845 g/mol. The van der Waals surface area contributed by atoms with Crippen molar-refractivity contribution in [2.24, 2.45) is 0 Å². The first-order valence-corrected chi connectivity index (χ1v) is 22.8. The molecule has 316 valence electrons. The highest BCUT2D eigenvalue weighted by Gasteiger charge is 2.41. The molecule has 0 fully saturated rings. The minimum atomic E-state index is -0.290. The molecule has 0 aliphatic heterocycles. The average Bonchev–Trinajstić information content (AvgIpc) is 4.09. The van der Waals surface area contributed by atoms with E-state index in [0.29, 0.717) is 0 Å². The maximum absolute atomic E-state index is 6.78. The zero-order valence-electron chi connectivity index (χ0n) is 41.5. The van der Waals surface area contributed by atoms with E-state index >= 15 is 0 Å². The Bertz CT molecular complexity index is 3590. The lowest BCUT2D eigenvalue weighted by Crippen LogP contribution is -2.18. The van der Waals surface area contributed by atoms with Gasteiger partial charge in [0.1, 0.15) is 22.3 Å². The van der Waals surface area contributed by atoms with E-state index in [4.69, 9.17) is 14.8 Å². The van der Waals surface area contributed by atoms with E-state index in [1.807, 2.05) is 0 Å². The third-order valence-electron chi connectivity index (χ3n) is 14.8. The van der Waals surface area contributed by atoms with Gasteiger partial charge in [-0.2, -0.15) is 0 Å². The molecule has 0 N–H and O–H groups in total. The number of aryl methyl sites for hydroxylation is 2. The van der Waals surface area contributed by atoms with Crippen LogP contribution >= 0.6 is 0 Å². The molecule has 3 heteroatoms. The van der Waals surface area contributed by atoms with Gasteiger partial charge in [0.05, 0.1) is 0 Å². The van der Waals surface area contributed by atoms with E-state index in [9.17, 15) is 0 Å². The third-order valence-corrected chi connectivity index (χ3v) is 14.8. The van der Waals surface area contributed by atoms with E-state index in [-0.39, 0.29) is 10.8 Å². The summed E-state index contributed by atoms with van der Waals surface area (Å²) in [5, 5.41) is 4.69. The highest BCUT2D eigenvalue weighted by molar-refractivity contribution is 6.20. The summed E-state index contributed by atoms with van der Waals surface area (Å²) >= 11 is 0. The van der Waals surface area contributed by atoms with Crippen LogP contribution in [-0.4, -0.2) is 0 Å². The molecule has 0 amide bonds. The Morgan fingerprint density at radius 2 is 0.877 bits per heavy atom. The van der Waals surface area contributed by atoms with Crippen LogP contribution in [0.2, 0.25) is 0 Å². The molecule has 2 aliphatic carbocycles. The SMILES string of the molecule is Cc1ccc(N(c2ccc3c(c2)C(C)(C)c2cc(-c4ccccc4)c4oc5ccccc5c4c2-3)c2ccc3c(c2)C(C)(C)c2cc(-c4ccccc4)c4oc5ccccc5c4c2-3)c(C)c1.[2H][2H].[2H][2H]. The lowest BCUT2D eigenvalue weighted by molar-refractivity contribution is 0.657. The molecule has 3 nitrogen and oxygen atoms in total. The zero-order chi connectivity index (χ0) is 47.9. The first kappa shape index (κ1) is 35.8. The summed E-state index contributed by atoms with van der Waals surface area (Å²) in [5.74, 6) is 0. The van der Waals surface area contributed by atoms with Gasteiger partial charge in [-0.15, -0.1) is 0 Å². The van der Waals surface area contributed by atoms with Crippen molar-refractivity contribution in [3.8, 4) is 44.5 Å². The molecular formula is C62H51NO2. The predicted octanol–water partition coefficient (Wildman–Crippen LogP) is 18.0. The van der Waals surface area contributed by atoms with Gasteiger partial charge in [-0.25, -0.2) is 0 Å². The predicted molar refractivity (Wildman–Crippen MR) is 275 cm³/mol. The highest BCUT2D eigenvalue weighted by Crippen LogP contribution is 2.59. The molecule has 0 saturated carbocycles. The summed E-state index contributed by atoms with van der Waals surface area (Å²) in [6, 6.07) is 64.4. The van der Waals surface area contributed by atoms with E-state index in [1.54, 1.807) is 0 Å². The Morgan fingerprint density at radius 1 is 0.431 bits per heavy atom. The van der Waals surface area contributed by atoms with Gasteiger partial charge in [0.2, 0.25) is 0 Å². The number of benzene rings is 9. The van der Waals surface area contributed by atoms with Crippen LogP contribution < -0.4 is 4.90 Å². The molecule has 0 saturated heterocycles. The molecule has 9 aromatic carbocycles. The van der Waals surface area contributed by atoms with Crippen molar-refractivity contribution >= 4 is 60.9 Å². The van der Waals surface area contributed by atoms with Crippen molar-refractivity contribution in [2.75, 3.05) is 4.90 Å². The van der Waals surface area contributed by atoms with Gasteiger partial charge in [-0.1, -0.05) is 155 Å². The minimum Gasteiger partial charge on any atom is -0.455 e. The molecule has 0 bridgehead atoms. The summed E-state index contributed by atoms with van der Waals surface area (Å²) in [6.45, 7) is 14.0. The largest absolute Gasteiger partial charge is 0.455 e. The number of hydrogen-bond donors (Lipinski definition) is 0. The van der Waals surface area contributed by atoms with Crippen LogP contribution in [0, 0.1) is 13.8 Å². The summed E-state index contributed by atoms with van der Waals surface area (Å²) in [6.07, 6.45) is 0. The maximum Gasteiger partial charge on any atom is 0.143 e. The number of furan rings is 2. The lowest BCUT2D eigenvalue weighted by Gasteiger charge is -2.31. The summed E-state index contributed by atoms with van der Waals surface area (Å²) < 4.78 is 33.6. The van der Waals surface area contributed by atoms with Gasteiger partial charge in [-0.3, -0.25) is 0 Å². The van der Waals surface area contributed by atoms with Crippen LogP contribution in [0.3, 0.4) is 0 Å². The Morgan fingerprint density at radius 3 is 1.34 bits per heavy atom. The van der Waals surface area contributed by atoms with Crippen LogP contribution in [0.15, 0.2) is 185 Å². The fourth-order valence-corrected chi connectivity index (χ4v) is 11.6. The Balaban J connectivity index is 0.00000127. The number of nitrogens with zero attached hydrogens (tertiary/aromatic N) is 1. The second-order valence-corrected chi connectivity index (χ2v) is 19.4. The molecule has 0 unspecified atom stereocenters. The highest BCUT2D eigenvalue weighted by atomic mass is 16.3. The van der Waals surface area contributed by atoms with E-state index in [1.165, 1.54) is 72.1 Å². The zero-order valence-corrected chi connectivity index (χ0v) is 37.5. The Hall–Kier alpha value is -7.62. The molecule has 2 aromatic heterocycles. The quantitative estimate of drug-likeness (QED) is 0.173. The summed E-state index contributed by atoms with van der Waals surface area (Å²) in [7, 11) is 0. The normalized spacial score (nSPS) is 14.5. The van der Waals surface area contributed by atoms with Gasteiger partial charge in [0.15, 0.2) is 0 Å². The number of hydrogen-bond acceptors (Lipinski definition) is 3. The van der Waals surface area contributed by atoms with Gasteiger partial charge in [0.25, 0.3) is 0 Å². The van der Waals surface area contributed by atoms with Crippen molar-refractivity contribution in [1.29, 1.82) is 0 Å². The molecule has 13 rings (SSSR count). The second-order valence-electron chi connectivity index (χ2n) is 19.4.